The molecule has 0 spiro atoms. The Morgan fingerprint density at radius 3 is 2.33 bits per heavy atom. The fourth-order valence-electron chi connectivity index (χ4n) is 3.80. The lowest BCUT2D eigenvalue weighted by Gasteiger charge is -2.37. The zero-order valence-electron chi connectivity index (χ0n) is 14.2. The molecule has 0 radical (unpaired) electrons. The number of rotatable bonds is 5. The molecule has 4 rings (SSSR count). The van der Waals surface area contributed by atoms with E-state index < -0.39 is 0 Å². The molecule has 2 aliphatic rings. The molecule has 0 amide bonds. The van der Waals surface area contributed by atoms with Crippen molar-refractivity contribution in [2.45, 2.75) is 31.3 Å². The molecular formula is C21H27N3. The molecule has 1 heterocycles. The van der Waals surface area contributed by atoms with Crippen molar-refractivity contribution >= 4 is 5.69 Å². The van der Waals surface area contributed by atoms with Crippen molar-refractivity contribution in [3.8, 4) is 0 Å². The number of hydrogen-bond acceptors (Lipinski definition) is 3. The van der Waals surface area contributed by atoms with E-state index in [0.29, 0.717) is 6.04 Å². The molecule has 1 aliphatic carbocycles. The Hall–Kier alpha value is -1.84. The molecule has 24 heavy (non-hydrogen) atoms. The number of nitrogens with zero attached hydrogens (tertiary/aromatic N) is 1. The monoisotopic (exact) mass is 321 g/mol. The lowest BCUT2D eigenvalue weighted by Crippen LogP contribution is -2.43. The molecule has 3 heteroatoms. The Bertz CT molecular complexity index is 626. The van der Waals surface area contributed by atoms with E-state index >= 15 is 0 Å². The summed E-state index contributed by atoms with van der Waals surface area (Å²) in [6.45, 7) is 5.42. The molecule has 0 bridgehead atoms. The molecule has 2 N–H and O–H groups in total. The molecular weight excluding hydrogens is 294 g/mol. The summed E-state index contributed by atoms with van der Waals surface area (Å²) in [6, 6.07) is 20.7. The van der Waals surface area contributed by atoms with Gasteiger partial charge in [0, 0.05) is 44.5 Å². The molecule has 126 valence electrons. The maximum atomic E-state index is 3.68. The first-order chi connectivity index (χ1) is 11.9. The Labute approximate surface area is 145 Å². The smallest absolute Gasteiger partial charge is 0.0367 e. The minimum absolute atomic E-state index is 0.669. The van der Waals surface area contributed by atoms with Gasteiger partial charge in [-0.1, -0.05) is 42.5 Å². The second-order valence-electron chi connectivity index (χ2n) is 7.06. The predicted molar refractivity (Wildman–Crippen MR) is 101 cm³/mol. The molecule has 0 aromatic heterocycles. The van der Waals surface area contributed by atoms with Gasteiger partial charge in [-0.15, -0.1) is 0 Å². The maximum absolute atomic E-state index is 3.68. The lowest BCUT2D eigenvalue weighted by molar-refractivity contribution is 0.289. The largest absolute Gasteiger partial charge is 0.369 e. The number of nitrogens with one attached hydrogen (secondary N) is 2. The molecule has 2 fully saturated rings. The lowest BCUT2D eigenvalue weighted by atomic mass is 9.76. The summed E-state index contributed by atoms with van der Waals surface area (Å²) in [5.74, 6) is 0.732. The Kier molecular flexibility index (Phi) is 4.81. The topological polar surface area (TPSA) is 27.3 Å². The summed E-state index contributed by atoms with van der Waals surface area (Å²) in [5, 5.41) is 7.10. The highest BCUT2D eigenvalue weighted by atomic mass is 15.2. The highest BCUT2D eigenvalue weighted by Gasteiger charge is 2.29. The molecule has 0 atom stereocenters. The average Bonchev–Trinajstić information content (AvgIpc) is 2.62. The van der Waals surface area contributed by atoms with Crippen LogP contribution in [0.5, 0.6) is 0 Å². The van der Waals surface area contributed by atoms with Crippen LogP contribution in [0.1, 0.15) is 29.9 Å². The van der Waals surface area contributed by atoms with Crippen LogP contribution in [0.4, 0.5) is 5.69 Å². The number of anilines is 1. The van der Waals surface area contributed by atoms with Gasteiger partial charge >= 0.3 is 0 Å². The van der Waals surface area contributed by atoms with Gasteiger partial charge in [0.2, 0.25) is 0 Å². The molecule has 2 aromatic carbocycles. The SMILES string of the molecule is c1ccc(CNC2CC(c3ccc(N4CCNCC4)cc3)C2)cc1. The Balaban J connectivity index is 1.26. The number of piperazine rings is 1. The Morgan fingerprint density at radius 2 is 1.62 bits per heavy atom. The van der Waals surface area contributed by atoms with E-state index in [2.05, 4.69) is 70.1 Å². The van der Waals surface area contributed by atoms with Gasteiger partial charge in [-0.3, -0.25) is 0 Å². The summed E-state index contributed by atoms with van der Waals surface area (Å²) < 4.78 is 0. The van der Waals surface area contributed by atoms with E-state index in [9.17, 15) is 0 Å². The van der Waals surface area contributed by atoms with Gasteiger partial charge < -0.3 is 15.5 Å². The summed E-state index contributed by atoms with van der Waals surface area (Å²) in [4.78, 5) is 2.48. The molecule has 2 aromatic rings. The van der Waals surface area contributed by atoms with Crippen molar-refractivity contribution < 1.29 is 0 Å². The highest BCUT2D eigenvalue weighted by molar-refractivity contribution is 5.48. The first kappa shape index (κ1) is 15.7. The third-order valence-electron chi connectivity index (χ3n) is 5.42. The van der Waals surface area contributed by atoms with E-state index in [-0.39, 0.29) is 0 Å². The molecule has 1 saturated carbocycles. The van der Waals surface area contributed by atoms with Gasteiger partial charge in [0.25, 0.3) is 0 Å². The maximum Gasteiger partial charge on any atom is 0.0367 e. The molecule has 0 unspecified atom stereocenters. The third-order valence-corrected chi connectivity index (χ3v) is 5.42. The van der Waals surface area contributed by atoms with E-state index in [1.807, 2.05) is 0 Å². The Morgan fingerprint density at radius 1 is 0.917 bits per heavy atom. The third kappa shape index (κ3) is 3.63. The van der Waals surface area contributed by atoms with E-state index in [1.165, 1.54) is 29.7 Å². The van der Waals surface area contributed by atoms with Crippen LogP contribution < -0.4 is 15.5 Å². The zero-order chi connectivity index (χ0) is 16.2. The van der Waals surface area contributed by atoms with Crippen LogP contribution in [0.25, 0.3) is 0 Å². The van der Waals surface area contributed by atoms with Gasteiger partial charge in [0.05, 0.1) is 0 Å². The summed E-state index contributed by atoms with van der Waals surface area (Å²) in [6.07, 6.45) is 2.53. The van der Waals surface area contributed by atoms with Crippen molar-refractivity contribution in [2.75, 3.05) is 31.1 Å². The molecule has 3 nitrogen and oxygen atoms in total. The predicted octanol–water partition coefficient (Wildman–Crippen LogP) is 3.13. The van der Waals surface area contributed by atoms with Gasteiger partial charge in [0.15, 0.2) is 0 Å². The standard InChI is InChI=1S/C21H27N3/c1-2-4-17(5-3-1)16-23-20-14-19(15-20)18-6-8-21(9-7-18)24-12-10-22-11-13-24/h1-9,19-20,22-23H,10-16H2. The van der Waals surface area contributed by atoms with Crippen LogP contribution in [0.3, 0.4) is 0 Å². The quantitative estimate of drug-likeness (QED) is 0.886. The van der Waals surface area contributed by atoms with Gasteiger partial charge in [-0.25, -0.2) is 0 Å². The summed E-state index contributed by atoms with van der Waals surface area (Å²) in [5.41, 5.74) is 4.26. The van der Waals surface area contributed by atoms with Gasteiger partial charge in [-0.05, 0) is 42.0 Å². The first-order valence-electron chi connectivity index (χ1n) is 9.21. The van der Waals surface area contributed by atoms with Crippen molar-refractivity contribution in [3.05, 3.63) is 65.7 Å². The fourth-order valence-corrected chi connectivity index (χ4v) is 3.80. The van der Waals surface area contributed by atoms with E-state index in [1.54, 1.807) is 0 Å². The first-order valence-corrected chi connectivity index (χ1v) is 9.21. The number of benzene rings is 2. The highest BCUT2D eigenvalue weighted by Crippen LogP contribution is 2.37. The van der Waals surface area contributed by atoms with Gasteiger partial charge in [0.1, 0.15) is 0 Å². The van der Waals surface area contributed by atoms with Crippen molar-refractivity contribution in [3.63, 3.8) is 0 Å². The molecule has 1 aliphatic heterocycles. The van der Waals surface area contributed by atoms with Crippen molar-refractivity contribution in [1.29, 1.82) is 0 Å². The van der Waals surface area contributed by atoms with E-state index in [4.69, 9.17) is 0 Å². The van der Waals surface area contributed by atoms with Crippen molar-refractivity contribution in [1.82, 2.24) is 10.6 Å². The summed E-state index contributed by atoms with van der Waals surface area (Å²) >= 11 is 0. The van der Waals surface area contributed by atoms with Gasteiger partial charge in [-0.2, -0.15) is 0 Å². The van der Waals surface area contributed by atoms with Crippen molar-refractivity contribution in [2.24, 2.45) is 0 Å². The zero-order valence-corrected chi connectivity index (χ0v) is 14.2. The van der Waals surface area contributed by atoms with Crippen LogP contribution in [0, 0.1) is 0 Å². The molecule has 1 saturated heterocycles. The minimum Gasteiger partial charge on any atom is -0.369 e. The fraction of sp³-hybridized carbons (Fsp3) is 0.429. The van der Waals surface area contributed by atoms with Crippen LogP contribution in [-0.2, 0) is 6.54 Å². The van der Waals surface area contributed by atoms with Crippen LogP contribution in [-0.4, -0.2) is 32.2 Å². The van der Waals surface area contributed by atoms with Crippen LogP contribution in [0.2, 0.25) is 0 Å². The second-order valence-corrected chi connectivity index (χ2v) is 7.06. The normalized spacial score (nSPS) is 23.8. The van der Waals surface area contributed by atoms with Crippen LogP contribution >= 0.6 is 0 Å². The second kappa shape index (κ2) is 7.37. The van der Waals surface area contributed by atoms with E-state index in [0.717, 1.165) is 38.6 Å². The summed E-state index contributed by atoms with van der Waals surface area (Å²) in [7, 11) is 0. The minimum atomic E-state index is 0.669. The number of hydrogen-bond donors (Lipinski definition) is 2. The average molecular weight is 321 g/mol. The van der Waals surface area contributed by atoms with Crippen LogP contribution in [0.15, 0.2) is 54.6 Å².